The number of carbonyl (C=O) groups is 1. The van der Waals surface area contributed by atoms with Crippen molar-refractivity contribution in [1.82, 2.24) is 10.2 Å². The number of hydrogen-bond donors (Lipinski definition) is 1. The Balaban J connectivity index is 1.78. The zero-order chi connectivity index (χ0) is 19.4. The van der Waals surface area contributed by atoms with Gasteiger partial charge in [-0.05, 0) is 80.5 Å². The van der Waals surface area contributed by atoms with Crippen LogP contribution in [0.5, 0.6) is 5.75 Å². The molecule has 0 bridgehead atoms. The van der Waals surface area contributed by atoms with Gasteiger partial charge in [-0.1, -0.05) is 18.2 Å². The van der Waals surface area contributed by atoms with Crippen LogP contribution in [-0.2, 0) is 4.79 Å². The third-order valence-electron chi connectivity index (χ3n) is 5.51. The Bertz CT molecular complexity index is 786. The van der Waals surface area contributed by atoms with Crippen LogP contribution in [0.2, 0.25) is 0 Å². The molecule has 1 saturated heterocycles. The quantitative estimate of drug-likeness (QED) is 0.817. The lowest BCUT2D eigenvalue weighted by Crippen LogP contribution is -2.36. The molecule has 1 aromatic carbocycles. The summed E-state index contributed by atoms with van der Waals surface area (Å²) in [6.07, 6.45) is 10.5. The molecular formula is C23H30N2O2. The van der Waals surface area contributed by atoms with Crippen molar-refractivity contribution in [3.8, 4) is 5.75 Å². The van der Waals surface area contributed by atoms with E-state index in [1.807, 2.05) is 37.1 Å². The lowest BCUT2D eigenvalue weighted by molar-refractivity contribution is -0.124. The van der Waals surface area contributed by atoms with Crippen molar-refractivity contribution in [3.63, 3.8) is 0 Å². The Kier molecular flexibility index (Phi) is 6.17. The predicted molar refractivity (Wildman–Crippen MR) is 111 cm³/mol. The summed E-state index contributed by atoms with van der Waals surface area (Å²) in [5.41, 5.74) is 4.32. The van der Waals surface area contributed by atoms with Crippen LogP contribution >= 0.6 is 0 Å². The second kappa shape index (κ2) is 8.57. The molecule has 0 aromatic heterocycles. The smallest absolute Gasteiger partial charge is 0.251 e. The molecule has 0 spiro atoms. The second-order valence-corrected chi connectivity index (χ2v) is 7.53. The number of piperidine rings is 1. The molecular weight excluding hydrogens is 336 g/mol. The maximum absolute atomic E-state index is 13.0. The molecule has 4 nitrogen and oxygen atoms in total. The van der Waals surface area contributed by atoms with Gasteiger partial charge in [-0.25, -0.2) is 0 Å². The third-order valence-corrected chi connectivity index (χ3v) is 5.51. The van der Waals surface area contributed by atoms with Gasteiger partial charge < -0.3 is 15.0 Å². The summed E-state index contributed by atoms with van der Waals surface area (Å²) in [5.74, 6) is 1.38. The van der Waals surface area contributed by atoms with Gasteiger partial charge in [-0.2, -0.15) is 0 Å². The molecule has 0 saturated carbocycles. The van der Waals surface area contributed by atoms with Crippen LogP contribution in [0.1, 0.15) is 37.8 Å². The van der Waals surface area contributed by atoms with Gasteiger partial charge in [-0.3, -0.25) is 4.79 Å². The molecule has 2 aliphatic rings. The summed E-state index contributed by atoms with van der Waals surface area (Å²) in [6, 6.07) is 6.08. The fourth-order valence-corrected chi connectivity index (χ4v) is 3.77. The van der Waals surface area contributed by atoms with Crippen molar-refractivity contribution >= 4 is 11.5 Å². The highest BCUT2D eigenvalue weighted by Gasteiger charge is 2.23. The number of nitrogens with zero attached hydrogens (tertiary/aromatic N) is 1. The maximum atomic E-state index is 13.0. The molecule has 1 N–H and O–H groups in total. The van der Waals surface area contributed by atoms with Gasteiger partial charge in [0.05, 0.1) is 13.2 Å². The first-order chi connectivity index (χ1) is 13.0. The molecule has 2 aliphatic heterocycles. The minimum Gasteiger partial charge on any atom is -0.496 e. The van der Waals surface area contributed by atoms with Crippen LogP contribution in [-0.4, -0.2) is 37.0 Å². The first-order valence-corrected chi connectivity index (χ1v) is 9.76. The van der Waals surface area contributed by atoms with Crippen molar-refractivity contribution in [2.75, 3.05) is 20.2 Å². The van der Waals surface area contributed by atoms with Gasteiger partial charge in [0.2, 0.25) is 0 Å². The first kappa shape index (κ1) is 19.4. The highest BCUT2D eigenvalue weighted by Crippen LogP contribution is 2.27. The number of allylic oxidation sites excluding steroid dienone is 2. The van der Waals surface area contributed by atoms with Crippen LogP contribution in [0, 0.1) is 12.8 Å². The van der Waals surface area contributed by atoms with Crippen LogP contribution in [0.15, 0.2) is 48.2 Å². The Morgan fingerprint density at radius 2 is 2.19 bits per heavy atom. The molecule has 4 heteroatoms. The number of carbonyl (C=O) groups excluding carboxylic acids is 1. The number of rotatable bonds is 4. The summed E-state index contributed by atoms with van der Waals surface area (Å²) in [7, 11) is 1.67. The van der Waals surface area contributed by atoms with Crippen LogP contribution in [0.25, 0.3) is 5.57 Å². The highest BCUT2D eigenvalue weighted by atomic mass is 16.5. The highest BCUT2D eigenvalue weighted by molar-refractivity contribution is 5.96. The van der Waals surface area contributed by atoms with E-state index >= 15 is 0 Å². The van der Waals surface area contributed by atoms with E-state index in [0.29, 0.717) is 5.92 Å². The van der Waals surface area contributed by atoms with Crippen LogP contribution in [0.3, 0.4) is 0 Å². The van der Waals surface area contributed by atoms with E-state index in [-0.39, 0.29) is 11.9 Å². The fraction of sp³-hybridized carbons (Fsp3) is 0.435. The van der Waals surface area contributed by atoms with E-state index in [2.05, 4.69) is 30.5 Å². The van der Waals surface area contributed by atoms with Crippen molar-refractivity contribution in [2.45, 2.75) is 39.7 Å². The Morgan fingerprint density at radius 1 is 1.37 bits per heavy atom. The number of amides is 1. The van der Waals surface area contributed by atoms with Crippen LogP contribution in [0.4, 0.5) is 0 Å². The zero-order valence-electron chi connectivity index (χ0n) is 16.8. The molecule has 1 aromatic rings. The van der Waals surface area contributed by atoms with Gasteiger partial charge in [-0.15, -0.1) is 0 Å². The number of aryl methyl sites for hydroxylation is 1. The average molecular weight is 367 g/mol. The van der Waals surface area contributed by atoms with E-state index in [4.69, 9.17) is 4.74 Å². The molecule has 3 rings (SSSR count). The van der Waals surface area contributed by atoms with Crippen molar-refractivity contribution in [3.05, 3.63) is 59.3 Å². The first-order valence-electron chi connectivity index (χ1n) is 9.76. The SMILES string of the molecule is COc1ccc(/C(C)=C/C(=O)N2C=C(C3CCCNC3)C=CC2C)cc1C. The van der Waals surface area contributed by atoms with Crippen molar-refractivity contribution < 1.29 is 9.53 Å². The monoisotopic (exact) mass is 366 g/mol. The fourth-order valence-electron chi connectivity index (χ4n) is 3.77. The van der Waals surface area contributed by atoms with Crippen LogP contribution < -0.4 is 10.1 Å². The number of benzene rings is 1. The molecule has 2 unspecified atom stereocenters. The number of methoxy groups -OCH3 is 1. The van der Waals surface area contributed by atoms with Gasteiger partial charge >= 0.3 is 0 Å². The number of nitrogens with one attached hydrogen (secondary N) is 1. The predicted octanol–water partition coefficient (Wildman–Crippen LogP) is 4.08. The standard InChI is InChI=1S/C23H30N2O2/c1-16(19-9-10-22(27-4)17(2)12-19)13-23(26)25-15-21(8-7-18(25)3)20-6-5-11-24-14-20/h7-10,12-13,15,18,20,24H,5-6,11,14H2,1-4H3/b16-13+. The van der Waals surface area contributed by atoms with Gasteiger partial charge in [0.15, 0.2) is 0 Å². The van der Waals surface area contributed by atoms with E-state index in [1.165, 1.54) is 18.4 Å². The molecule has 144 valence electrons. The zero-order valence-corrected chi connectivity index (χ0v) is 16.8. The van der Waals surface area contributed by atoms with E-state index in [1.54, 1.807) is 13.2 Å². The van der Waals surface area contributed by atoms with E-state index < -0.39 is 0 Å². The molecule has 1 fully saturated rings. The Hall–Kier alpha value is -2.33. The Morgan fingerprint density at radius 3 is 2.85 bits per heavy atom. The van der Waals surface area contributed by atoms with Crippen molar-refractivity contribution in [2.24, 2.45) is 5.92 Å². The molecule has 27 heavy (non-hydrogen) atoms. The van der Waals surface area contributed by atoms with Gasteiger partial charge in [0.1, 0.15) is 5.75 Å². The topological polar surface area (TPSA) is 41.6 Å². The van der Waals surface area contributed by atoms with E-state index in [0.717, 1.165) is 35.5 Å². The average Bonchev–Trinajstić information content (AvgIpc) is 2.68. The normalized spacial score (nSPS) is 23.2. The molecule has 1 amide bonds. The number of ether oxygens (including phenoxy) is 1. The summed E-state index contributed by atoms with van der Waals surface area (Å²) in [4.78, 5) is 14.8. The van der Waals surface area contributed by atoms with E-state index in [9.17, 15) is 4.79 Å². The van der Waals surface area contributed by atoms with Gasteiger partial charge in [0, 0.05) is 18.8 Å². The minimum absolute atomic E-state index is 0.0269. The molecule has 0 aliphatic carbocycles. The minimum atomic E-state index is 0.0269. The summed E-state index contributed by atoms with van der Waals surface area (Å²) in [5, 5.41) is 3.46. The number of hydrogen-bond acceptors (Lipinski definition) is 3. The third kappa shape index (κ3) is 4.51. The molecule has 0 radical (unpaired) electrons. The summed E-state index contributed by atoms with van der Waals surface area (Å²) >= 11 is 0. The van der Waals surface area contributed by atoms with Crippen molar-refractivity contribution in [1.29, 1.82) is 0 Å². The second-order valence-electron chi connectivity index (χ2n) is 7.53. The Labute approximate surface area is 162 Å². The lowest BCUT2D eigenvalue weighted by atomic mass is 9.90. The maximum Gasteiger partial charge on any atom is 0.251 e. The van der Waals surface area contributed by atoms with Gasteiger partial charge in [0.25, 0.3) is 5.91 Å². The molecule has 2 atom stereocenters. The molecule has 2 heterocycles. The summed E-state index contributed by atoms with van der Waals surface area (Å²) < 4.78 is 5.32. The lowest BCUT2D eigenvalue weighted by Gasteiger charge is -2.31. The largest absolute Gasteiger partial charge is 0.496 e. The summed E-state index contributed by atoms with van der Waals surface area (Å²) in [6.45, 7) is 8.14.